The van der Waals surface area contributed by atoms with Gasteiger partial charge in [0, 0.05) is 59.4 Å². The molecule has 1 spiro atoms. The normalized spacial score (nSPS) is 14.9. The zero-order valence-electron chi connectivity index (χ0n) is 49.1. The molecule has 12 aromatic rings. The van der Waals surface area contributed by atoms with Gasteiger partial charge < -0.3 is 14.2 Å². The first-order valence-corrected chi connectivity index (χ1v) is 31.2. The molecule has 85 heavy (non-hydrogen) atoms. The van der Waals surface area contributed by atoms with E-state index in [4.69, 9.17) is 4.42 Å². The predicted molar refractivity (Wildman–Crippen MR) is 362 cm³/mol. The van der Waals surface area contributed by atoms with Gasteiger partial charge in [0.25, 0.3) is 0 Å². The lowest BCUT2D eigenvalue weighted by Gasteiger charge is -2.34. The van der Waals surface area contributed by atoms with Crippen LogP contribution in [-0.4, -0.2) is 0 Å². The number of fused-ring (bicyclic) bond motifs is 18. The molecule has 2 aromatic heterocycles. The quantitative estimate of drug-likeness (QED) is 0.151. The fraction of sp³-hybridized carbons (Fsp3) is 0.160. The maximum atomic E-state index is 7.64. The van der Waals surface area contributed by atoms with Gasteiger partial charge in [-0.1, -0.05) is 211 Å². The van der Waals surface area contributed by atoms with E-state index in [-0.39, 0.29) is 10.8 Å². The molecular weight excluding hydrogens is 1050 g/mol. The Bertz CT molecular complexity index is 4770. The van der Waals surface area contributed by atoms with Crippen molar-refractivity contribution in [3.05, 3.63) is 287 Å². The minimum Gasteiger partial charge on any atom is -0.455 e. The second kappa shape index (κ2) is 19.4. The van der Waals surface area contributed by atoms with Crippen LogP contribution in [0, 0.1) is 0 Å². The highest BCUT2D eigenvalue weighted by Gasteiger charge is 2.54. The molecular formula is C81H66N2OS. The van der Waals surface area contributed by atoms with E-state index in [0.29, 0.717) is 0 Å². The van der Waals surface area contributed by atoms with Crippen molar-refractivity contribution in [3.8, 4) is 22.3 Å². The number of hydrogen-bond acceptors (Lipinski definition) is 4. The minimum atomic E-state index is -0.767. The number of hydrogen-bond donors (Lipinski definition) is 0. The summed E-state index contributed by atoms with van der Waals surface area (Å²) in [5.41, 5.74) is 25.3. The lowest BCUT2D eigenvalue weighted by molar-refractivity contribution is 0.590. The van der Waals surface area contributed by atoms with Crippen LogP contribution in [0.25, 0.3) is 75.5 Å². The van der Waals surface area contributed by atoms with Crippen LogP contribution in [0.2, 0.25) is 0 Å². The van der Waals surface area contributed by atoms with Gasteiger partial charge in [0.15, 0.2) is 0 Å². The molecule has 10 aromatic carbocycles. The summed E-state index contributed by atoms with van der Waals surface area (Å²) < 4.78 is 10.1. The second-order valence-corrected chi connectivity index (χ2v) is 26.8. The van der Waals surface area contributed by atoms with Crippen molar-refractivity contribution in [1.82, 2.24) is 0 Å². The topological polar surface area (TPSA) is 19.6 Å². The Labute approximate surface area is 502 Å². The highest BCUT2D eigenvalue weighted by molar-refractivity contribution is 7.26. The van der Waals surface area contributed by atoms with Gasteiger partial charge in [0.1, 0.15) is 11.2 Å². The average Bonchev–Trinajstić information content (AvgIpc) is 1.50. The average molecular weight is 1120 g/mol. The third-order valence-corrected chi connectivity index (χ3v) is 19.9. The lowest BCUT2D eigenvalue weighted by Crippen LogP contribution is -2.26. The third-order valence-electron chi connectivity index (χ3n) is 18.7. The Kier molecular flexibility index (Phi) is 11.7. The number of furan rings is 1. The number of nitrogens with zero attached hydrogens (tertiary/aromatic N) is 2. The summed E-state index contributed by atoms with van der Waals surface area (Å²) in [7, 11) is 0. The molecule has 16 rings (SSSR count). The molecule has 0 atom stereocenters. The van der Waals surface area contributed by atoms with Crippen molar-refractivity contribution in [1.29, 1.82) is 0 Å². The number of anilines is 6. The molecule has 0 amide bonds. The predicted octanol–water partition coefficient (Wildman–Crippen LogP) is 23.3. The molecule has 0 saturated carbocycles. The maximum absolute atomic E-state index is 7.64. The van der Waals surface area contributed by atoms with Crippen molar-refractivity contribution in [2.75, 3.05) is 9.80 Å². The summed E-state index contributed by atoms with van der Waals surface area (Å²) in [4.78, 5) is 5.08. The van der Waals surface area contributed by atoms with Gasteiger partial charge in [-0.25, -0.2) is 0 Å². The highest BCUT2D eigenvalue weighted by Crippen LogP contribution is 2.68. The molecule has 0 N–H and O–H groups in total. The van der Waals surface area contributed by atoms with Crippen LogP contribution < -0.4 is 9.80 Å². The first kappa shape index (κ1) is 51.4. The van der Waals surface area contributed by atoms with E-state index >= 15 is 0 Å². The Hall–Kier alpha value is -9.22. The van der Waals surface area contributed by atoms with E-state index in [1.807, 2.05) is 11.3 Å². The third kappa shape index (κ3) is 7.98. The van der Waals surface area contributed by atoms with Gasteiger partial charge in [-0.3, -0.25) is 0 Å². The molecule has 0 saturated heterocycles. The molecule has 4 aliphatic rings. The molecule has 0 bridgehead atoms. The molecule has 3 nitrogen and oxygen atoms in total. The zero-order chi connectivity index (χ0) is 57.3. The van der Waals surface area contributed by atoms with Crippen molar-refractivity contribution in [3.63, 3.8) is 0 Å². The van der Waals surface area contributed by atoms with Crippen LogP contribution in [0.4, 0.5) is 34.1 Å². The fourth-order valence-corrected chi connectivity index (χ4v) is 15.8. The number of benzene rings is 10. The maximum Gasteiger partial charge on any atom is 0.145 e. The Balaban J connectivity index is 1.04. The van der Waals surface area contributed by atoms with Gasteiger partial charge >= 0.3 is 0 Å². The summed E-state index contributed by atoms with van der Waals surface area (Å²) in [5, 5.41) is 4.67. The Morgan fingerprint density at radius 2 is 1.00 bits per heavy atom. The van der Waals surface area contributed by atoms with Crippen molar-refractivity contribution < 1.29 is 4.42 Å². The number of thiophene rings is 1. The molecule has 412 valence electrons. The summed E-state index contributed by atoms with van der Waals surface area (Å²) in [5.74, 6) is 0. The monoisotopic (exact) mass is 1110 g/mol. The Morgan fingerprint density at radius 1 is 0.471 bits per heavy atom. The van der Waals surface area contributed by atoms with Crippen LogP contribution in [0.3, 0.4) is 0 Å². The summed E-state index contributed by atoms with van der Waals surface area (Å²) in [6.07, 6.45) is 17.9. The van der Waals surface area contributed by atoms with E-state index < -0.39 is 5.41 Å². The molecule has 0 unspecified atom stereocenters. The summed E-state index contributed by atoms with van der Waals surface area (Å²) in [6.45, 7) is 13.8. The molecule has 0 aliphatic heterocycles. The van der Waals surface area contributed by atoms with Gasteiger partial charge in [-0.2, -0.15) is 0 Å². The van der Waals surface area contributed by atoms with Gasteiger partial charge in [-0.15, -0.1) is 11.3 Å². The molecule has 0 fully saturated rings. The molecule has 0 radical (unpaired) electrons. The van der Waals surface area contributed by atoms with Gasteiger partial charge in [-0.05, 0) is 176 Å². The number of allylic oxidation sites excluding steroid dienone is 8. The largest absolute Gasteiger partial charge is 0.455 e. The van der Waals surface area contributed by atoms with Crippen molar-refractivity contribution in [2.45, 2.75) is 83.5 Å². The first-order chi connectivity index (χ1) is 41.4. The standard InChI is InChI=1S/C81H66N2OS/c1-79(2,3)55-37-45-59(46-38-55)82(57-41-33-53(34-42-57)51-21-9-7-10-22-51)69-49-67-75(77-73(69)63-27-15-19-31-71(63)84-77)76-68(81(67)65-29-17-13-25-61(65)62-26-14-18-30-66(62)81)50-70(74-64-28-16-20-32-72(64)85-78(74)76)83(60-47-39-56(40-48-60)80(4,5)6)58-43-35-54(36-44-58)52-23-11-8-12-24-52/h8-9,11,13-23,25-50H,7,10,12,24H2,1-6H3. The zero-order valence-corrected chi connectivity index (χ0v) is 49.9. The van der Waals surface area contributed by atoms with Crippen LogP contribution in [0.15, 0.2) is 247 Å². The Morgan fingerprint density at radius 3 is 1.58 bits per heavy atom. The van der Waals surface area contributed by atoms with Crippen LogP contribution in [-0.2, 0) is 16.2 Å². The van der Waals surface area contributed by atoms with Gasteiger partial charge in [0.05, 0.1) is 22.2 Å². The van der Waals surface area contributed by atoms with Crippen molar-refractivity contribution >= 4 is 98.7 Å². The second-order valence-electron chi connectivity index (χ2n) is 25.7. The smallest absolute Gasteiger partial charge is 0.145 e. The molecule has 4 aliphatic carbocycles. The van der Waals surface area contributed by atoms with Crippen LogP contribution >= 0.6 is 11.3 Å². The number of rotatable bonds is 8. The fourth-order valence-electron chi connectivity index (χ4n) is 14.5. The summed E-state index contributed by atoms with van der Waals surface area (Å²) >= 11 is 1.92. The van der Waals surface area contributed by atoms with Crippen molar-refractivity contribution in [2.24, 2.45) is 0 Å². The van der Waals surface area contributed by atoms with Crippen LogP contribution in [0.1, 0.15) is 112 Å². The van der Waals surface area contributed by atoms with E-state index in [9.17, 15) is 0 Å². The molecule has 4 heteroatoms. The minimum absolute atomic E-state index is 0.0148. The van der Waals surface area contributed by atoms with Gasteiger partial charge in [0.2, 0.25) is 0 Å². The van der Waals surface area contributed by atoms with E-state index in [2.05, 4.69) is 294 Å². The summed E-state index contributed by atoms with van der Waals surface area (Å²) in [6, 6.07) is 78.9. The first-order valence-electron chi connectivity index (χ1n) is 30.4. The SMILES string of the molecule is CC(C)(C)c1ccc(N(c2ccc(C3=CCCC=C3)cc2)c2cc3c(c4oc5ccccc5c24)-c2c(cc(N(c4ccc(C5=CC=CCC5)cc4)c4ccc(C(C)(C)C)cc4)c4c2sc2ccccc24)C32c3ccccc3-c3ccccc32)cc1. The van der Waals surface area contributed by atoms with Crippen LogP contribution in [0.5, 0.6) is 0 Å². The van der Waals surface area contributed by atoms with E-state index in [0.717, 1.165) is 87.3 Å². The highest BCUT2D eigenvalue weighted by atomic mass is 32.1. The van der Waals surface area contributed by atoms with E-state index in [1.165, 1.54) is 92.5 Å². The number of para-hydroxylation sites is 1. The lowest BCUT2D eigenvalue weighted by atomic mass is 9.70. The molecule has 2 heterocycles. The van der Waals surface area contributed by atoms with E-state index in [1.54, 1.807) is 0 Å².